The highest BCUT2D eigenvalue weighted by molar-refractivity contribution is 8.13. The van der Waals surface area contributed by atoms with Gasteiger partial charge in [-0.05, 0) is 37.0 Å². The summed E-state index contributed by atoms with van der Waals surface area (Å²) in [6.45, 7) is 1.53. The van der Waals surface area contributed by atoms with Crippen molar-refractivity contribution in [2.45, 2.75) is 32.2 Å². The van der Waals surface area contributed by atoms with E-state index in [9.17, 15) is 9.59 Å². The van der Waals surface area contributed by atoms with Crippen LogP contribution in [0.4, 0.5) is 0 Å². The quantitative estimate of drug-likeness (QED) is 0.850. The first-order valence-electron chi connectivity index (χ1n) is 7.44. The molecule has 4 nitrogen and oxygen atoms in total. The molecule has 1 amide bonds. The Morgan fingerprint density at radius 1 is 1.39 bits per heavy atom. The number of nitrogens with zero attached hydrogens (tertiary/aromatic N) is 1. The Kier molecular flexibility index (Phi) is 6.86. The number of carbonyl (C=O) groups is 2. The van der Waals surface area contributed by atoms with Crippen LogP contribution in [0.3, 0.4) is 0 Å². The summed E-state index contributed by atoms with van der Waals surface area (Å²) in [5.41, 5.74) is 1.58. The highest BCUT2D eigenvalue weighted by atomic mass is 35.5. The molecule has 0 radical (unpaired) electrons. The molecule has 0 aliphatic heterocycles. The first-order chi connectivity index (χ1) is 11.1. The number of rotatable bonds is 6. The fourth-order valence-electron chi connectivity index (χ4n) is 2.27. The predicted molar refractivity (Wildman–Crippen MR) is 94.5 cm³/mol. The van der Waals surface area contributed by atoms with Crippen molar-refractivity contribution in [1.82, 2.24) is 10.3 Å². The number of hydrogen-bond acceptors (Lipinski definition) is 4. The third-order valence-electron chi connectivity index (χ3n) is 3.43. The van der Waals surface area contributed by atoms with Crippen molar-refractivity contribution in [2.75, 3.05) is 5.75 Å². The minimum atomic E-state index is -0.168. The Morgan fingerprint density at radius 2 is 2.13 bits per heavy atom. The molecular weight excluding hydrogens is 332 g/mol. The zero-order chi connectivity index (χ0) is 16.7. The minimum absolute atomic E-state index is 0.0347. The van der Waals surface area contributed by atoms with Crippen LogP contribution in [0, 0.1) is 0 Å². The highest BCUT2D eigenvalue weighted by Crippen LogP contribution is 2.26. The van der Waals surface area contributed by atoms with E-state index in [4.69, 9.17) is 11.6 Å². The number of hydrogen-bond donors (Lipinski definition) is 1. The van der Waals surface area contributed by atoms with Crippen LogP contribution in [-0.4, -0.2) is 27.8 Å². The van der Waals surface area contributed by atoms with E-state index < -0.39 is 0 Å². The Morgan fingerprint density at radius 3 is 2.78 bits per heavy atom. The predicted octanol–water partition coefficient (Wildman–Crippen LogP) is 3.69. The second kappa shape index (κ2) is 8.89. The molecule has 0 bridgehead atoms. The van der Waals surface area contributed by atoms with Crippen molar-refractivity contribution in [3.63, 3.8) is 0 Å². The molecule has 1 aliphatic carbocycles. The molecule has 122 valence electrons. The van der Waals surface area contributed by atoms with Gasteiger partial charge in [0.25, 0.3) is 5.91 Å². The van der Waals surface area contributed by atoms with E-state index in [0.29, 0.717) is 17.7 Å². The largest absolute Gasteiger partial charge is 0.348 e. The summed E-state index contributed by atoms with van der Waals surface area (Å²) in [4.78, 5) is 27.5. The van der Waals surface area contributed by atoms with Gasteiger partial charge in [0, 0.05) is 41.7 Å². The molecule has 1 N–H and O–H groups in total. The van der Waals surface area contributed by atoms with E-state index in [1.54, 1.807) is 24.5 Å². The monoisotopic (exact) mass is 350 g/mol. The number of allylic oxidation sites excluding steroid dienone is 3. The van der Waals surface area contributed by atoms with Crippen LogP contribution in [-0.2, 0) is 4.79 Å². The smallest absolute Gasteiger partial charge is 0.251 e. The Bertz CT molecular complexity index is 629. The average molecular weight is 351 g/mol. The van der Waals surface area contributed by atoms with Crippen molar-refractivity contribution >= 4 is 34.4 Å². The number of thioether (sulfide) groups is 1. The molecule has 0 fully saturated rings. The van der Waals surface area contributed by atoms with Crippen molar-refractivity contribution < 1.29 is 9.59 Å². The first-order valence-corrected chi connectivity index (χ1v) is 8.81. The lowest BCUT2D eigenvalue weighted by molar-refractivity contribution is -0.109. The van der Waals surface area contributed by atoms with Gasteiger partial charge in [-0.2, -0.15) is 0 Å². The van der Waals surface area contributed by atoms with E-state index in [2.05, 4.69) is 16.4 Å². The first kappa shape index (κ1) is 17.8. The van der Waals surface area contributed by atoms with Gasteiger partial charge in [-0.3, -0.25) is 14.6 Å². The van der Waals surface area contributed by atoms with Crippen molar-refractivity contribution in [3.8, 4) is 0 Å². The molecule has 1 heterocycles. The van der Waals surface area contributed by atoms with E-state index in [1.165, 1.54) is 18.7 Å². The summed E-state index contributed by atoms with van der Waals surface area (Å²) in [6.07, 6.45) is 9.65. The normalized spacial score (nSPS) is 15.4. The van der Waals surface area contributed by atoms with Gasteiger partial charge in [0.1, 0.15) is 0 Å². The third-order valence-corrected chi connectivity index (χ3v) is 4.84. The molecule has 1 aromatic heterocycles. The van der Waals surface area contributed by atoms with Crippen LogP contribution >= 0.6 is 23.4 Å². The SMILES string of the molecule is CC(=O)SC[C@@H](CC1=C(Cl)CCC=C1)NC(=O)c1ccncc1. The summed E-state index contributed by atoms with van der Waals surface area (Å²) in [7, 11) is 0. The topological polar surface area (TPSA) is 59.1 Å². The summed E-state index contributed by atoms with van der Waals surface area (Å²) in [5, 5.41) is 3.86. The molecule has 1 aliphatic rings. The lowest BCUT2D eigenvalue weighted by Gasteiger charge is -2.20. The molecule has 0 saturated heterocycles. The number of halogens is 1. The van der Waals surface area contributed by atoms with Crippen LogP contribution in [0.25, 0.3) is 0 Å². The minimum Gasteiger partial charge on any atom is -0.348 e. The molecule has 0 spiro atoms. The van der Waals surface area contributed by atoms with Gasteiger partial charge in [-0.25, -0.2) is 0 Å². The van der Waals surface area contributed by atoms with Crippen LogP contribution in [0.1, 0.15) is 36.5 Å². The Hall–Kier alpha value is -1.59. The fourth-order valence-corrected chi connectivity index (χ4v) is 3.16. The Balaban J connectivity index is 2.06. The number of nitrogens with one attached hydrogen (secondary N) is 1. The van der Waals surface area contributed by atoms with Crippen LogP contribution in [0.2, 0.25) is 0 Å². The molecule has 1 aromatic rings. The number of amides is 1. The second-order valence-electron chi connectivity index (χ2n) is 5.28. The maximum Gasteiger partial charge on any atom is 0.251 e. The van der Waals surface area contributed by atoms with Gasteiger partial charge in [-0.1, -0.05) is 35.5 Å². The lowest BCUT2D eigenvalue weighted by atomic mass is 10.0. The summed E-state index contributed by atoms with van der Waals surface area (Å²) >= 11 is 7.49. The van der Waals surface area contributed by atoms with E-state index in [-0.39, 0.29) is 17.1 Å². The number of pyridine rings is 1. The molecule has 0 saturated carbocycles. The van der Waals surface area contributed by atoms with E-state index in [1.807, 2.05) is 6.08 Å². The van der Waals surface area contributed by atoms with E-state index in [0.717, 1.165) is 23.4 Å². The van der Waals surface area contributed by atoms with Crippen molar-refractivity contribution in [2.24, 2.45) is 0 Å². The fraction of sp³-hybridized carbons (Fsp3) is 0.353. The van der Waals surface area contributed by atoms with Gasteiger partial charge in [-0.15, -0.1) is 0 Å². The zero-order valence-electron chi connectivity index (χ0n) is 12.9. The van der Waals surface area contributed by atoms with Crippen molar-refractivity contribution in [1.29, 1.82) is 0 Å². The molecule has 0 unspecified atom stereocenters. The lowest BCUT2D eigenvalue weighted by Crippen LogP contribution is -2.37. The number of carbonyl (C=O) groups excluding carboxylic acids is 2. The standard InChI is InChI=1S/C17H19ClN2O2S/c1-12(21)23-11-15(10-14-4-2-3-5-16(14)18)20-17(22)13-6-8-19-9-7-13/h2,4,6-9,15H,3,5,10-11H2,1H3,(H,20,22)/t15-/m1/s1. The van der Waals surface area contributed by atoms with Crippen molar-refractivity contribution in [3.05, 3.63) is 52.8 Å². The number of aromatic nitrogens is 1. The molecule has 1 atom stereocenters. The highest BCUT2D eigenvalue weighted by Gasteiger charge is 2.18. The molecular formula is C17H19ClN2O2S. The maximum atomic E-state index is 12.3. The van der Waals surface area contributed by atoms with Gasteiger partial charge in [0.05, 0.1) is 0 Å². The van der Waals surface area contributed by atoms with Gasteiger partial charge in [0.15, 0.2) is 5.12 Å². The molecule has 0 aromatic carbocycles. The average Bonchev–Trinajstić information content (AvgIpc) is 2.55. The molecule has 2 rings (SSSR count). The summed E-state index contributed by atoms with van der Waals surface area (Å²) in [5.74, 6) is 0.353. The summed E-state index contributed by atoms with van der Waals surface area (Å²) in [6, 6.07) is 3.17. The maximum absolute atomic E-state index is 12.3. The third kappa shape index (κ3) is 5.84. The van der Waals surface area contributed by atoms with Gasteiger partial charge in [0.2, 0.25) is 0 Å². The van der Waals surface area contributed by atoms with Crippen LogP contribution < -0.4 is 5.32 Å². The van der Waals surface area contributed by atoms with E-state index >= 15 is 0 Å². The molecule has 6 heteroatoms. The van der Waals surface area contributed by atoms with Crippen LogP contribution in [0.15, 0.2) is 47.3 Å². The summed E-state index contributed by atoms with van der Waals surface area (Å²) < 4.78 is 0. The van der Waals surface area contributed by atoms with Gasteiger partial charge < -0.3 is 5.32 Å². The zero-order valence-corrected chi connectivity index (χ0v) is 14.5. The molecule has 23 heavy (non-hydrogen) atoms. The second-order valence-corrected chi connectivity index (χ2v) is 6.94. The van der Waals surface area contributed by atoms with Crippen LogP contribution in [0.5, 0.6) is 0 Å². The Labute approximate surface area is 145 Å². The van der Waals surface area contributed by atoms with Gasteiger partial charge >= 0.3 is 0 Å².